The second-order valence-electron chi connectivity index (χ2n) is 8.21. The molecule has 0 heterocycles. The lowest BCUT2D eigenvalue weighted by molar-refractivity contribution is 0.304. The lowest BCUT2D eigenvalue weighted by atomic mass is 9.89. The second-order valence-corrected chi connectivity index (χ2v) is 10.3. The number of rotatable bonds is 9. The van der Waals surface area contributed by atoms with Crippen molar-refractivity contribution in [1.29, 1.82) is 0 Å². The van der Waals surface area contributed by atoms with E-state index in [2.05, 4.69) is 94.0 Å². The van der Waals surface area contributed by atoms with Crippen LogP contribution in [0.4, 0.5) is 0 Å². The molecule has 0 bridgehead atoms. The molecule has 0 spiro atoms. The van der Waals surface area contributed by atoms with Gasteiger partial charge in [0.25, 0.3) is 0 Å². The number of benzene rings is 3. The Morgan fingerprint density at radius 1 is 0.903 bits per heavy atom. The maximum atomic E-state index is 10.9. The number of hydrogen-bond acceptors (Lipinski definition) is 2. The van der Waals surface area contributed by atoms with Gasteiger partial charge in [-0.1, -0.05) is 63.3 Å². The lowest BCUT2D eigenvalue weighted by Gasteiger charge is -2.17. The molecule has 1 aliphatic rings. The minimum atomic E-state index is 0.0184. The van der Waals surface area contributed by atoms with Gasteiger partial charge in [-0.3, -0.25) is 0 Å². The number of fused-ring (bicyclic) bond motifs is 3. The Labute approximate surface area is 207 Å². The molecule has 1 atom stereocenters. The van der Waals surface area contributed by atoms with Crippen molar-refractivity contribution in [2.75, 3.05) is 6.61 Å². The van der Waals surface area contributed by atoms with Gasteiger partial charge in [-0.2, -0.15) is 0 Å². The predicted molar refractivity (Wildman–Crippen MR) is 140 cm³/mol. The number of unbranched alkanes of at least 4 members (excludes halogenated alkanes) is 5. The van der Waals surface area contributed by atoms with Crippen molar-refractivity contribution >= 4 is 38.5 Å². The molecule has 2 nitrogen and oxygen atoms in total. The van der Waals surface area contributed by atoms with Crippen LogP contribution in [0, 0.1) is 3.57 Å². The van der Waals surface area contributed by atoms with Gasteiger partial charge in [0, 0.05) is 15.1 Å². The number of aromatic hydroxyl groups is 1. The third kappa shape index (κ3) is 4.95. The molecule has 162 valence electrons. The molecule has 1 unspecified atom stereocenters. The fraction of sp³-hybridized carbons (Fsp3) is 0.333. The van der Waals surface area contributed by atoms with Gasteiger partial charge in [-0.05, 0) is 97.5 Å². The van der Waals surface area contributed by atoms with Gasteiger partial charge in [0.2, 0.25) is 0 Å². The van der Waals surface area contributed by atoms with Crippen LogP contribution in [-0.4, -0.2) is 11.7 Å². The smallest absolute Gasteiger partial charge is 0.134 e. The Morgan fingerprint density at radius 2 is 1.61 bits per heavy atom. The van der Waals surface area contributed by atoms with Gasteiger partial charge in [0.05, 0.1) is 11.1 Å². The summed E-state index contributed by atoms with van der Waals surface area (Å²) >= 11 is 5.86. The zero-order valence-corrected chi connectivity index (χ0v) is 21.6. The number of phenolic OH excluding ortho intramolecular Hbond substituents is 1. The third-order valence-corrected chi connectivity index (χ3v) is 7.36. The van der Waals surface area contributed by atoms with E-state index in [9.17, 15) is 5.11 Å². The minimum Gasteiger partial charge on any atom is -0.506 e. The molecule has 4 rings (SSSR count). The molecule has 0 aromatic heterocycles. The summed E-state index contributed by atoms with van der Waals surface area (Å²) in [6, 6.07) is 19.0. The van der Waals surface area contributed by atoms with E-state index in [-0.39, 0.29) is 5.92 Å². The van der Waals surface area contributed by atoms with Crippen LogP contribution in [0.1, 0.15) is 68.1 Å². The summed E-state index contributed by atoms with van der Waals surface area (Å²) < 4.78 is 7.91. The SMILES string of the molecule is CCCCCCCCOc1ccc(C2c3cc(I)ccc3-c3ccc(Br)c(O)c32)cc1. The predicted octanol–water partition coefficient (Wildman–Crippen LogP) is 8.66. The van der Waals surface area contributed by atoms with Gasteiger partial charge in [-0.15, -0.1) is 0 Å². The van der Waals surface area contributed by atoms with E-state index < -0.39 is 0 Å². The number of phenols is 1. The molecule has 3 aromatic rings. The van der Waals surface area contributed by atoms with Crippen molar-refractivity contribution in [3.8, 4) is 22.6 Å². The van der Waals surface area contributed by atoms with Gasteiger partial charge >= 0.3 is 0 Å². The summed E-state index contributed by atoms with van der Waals surface area (Å²) in [4.78, 5) is 0. The molecule has 31 heavy (non-hydrogen) atoms. The van der Waals surface area contributed by atoms with Crippen molar-refractivity contribution in [1.82, 2.24) is 0 Å². The quantitative estimate of drug-likeness (QED) is 0.156. The third-order valence-electron chi connectivity index (χ3n) is 6.05. The van der Waals surface area contributed by atoms with Crippen molar-refractivity contribution in [3.05, 3.63) is 79.3 Å². The van der Waals surface area contributed by atoms with Crippen LogP contribution in [0.3, 0.4) is 0 Å². The van der Waals surface area contributed by atoms with Crippen molar-refractivity contribution < 1.29 is 9.84 Å². The summed E-state index contributed by atoms with van der Waals surface area (Å²) in [5.41, 5.74) is 5.71. The zero-order chi connectivity index (χ0) is 21.8. The molecule has 0 fully saturated rings. The Bertz CT molecular complexity index is 1050. The molecule has 0 amide bonds. The molecule has 4 heteroatoms. The summed E-state index contributed by atoms with van der Waals surface area (Å²) in [6.45, 7) is 3.02. The molecule has 0 radical (unpaired) electrons. The Balaban J connectivity index is 1.52. The van der Waals surface area contributed by atoms with Crippen LogP contribution < -0.4 is 4.74 Å². The van der Waals surface area contributed by atoms with Crippen LogP contribution in [0.5, 0.6) is 11.5 Å². The Hall–Kier alpha value is -1.53. The molecular weight excluding hydrogens is 563 g/mol. The number of ether oxygens (including phenoxy) is 1. The topological polar surface area (TPSA) is 29.5 Å². The first-order valence-electron chi connectivity index (χ1n) is 11.1. The summed E-state index contributed by atoms with van der Waals surface area (Å²) in [5.74, 6) is 1.26. The van der Waals surface area contributed by atoms with Gasteiger partial charge in [0.1, 0.15) is 11.5 Å². The molecule has 1 N–H and O–H groups in total. The van der Waals surface area contributed by atoms with E-state index in [0.29, 0.717) is 5.75 Å². The average Bonchev–Trinajstić information content (AvgIpc) is 3.10. The Morgan fingerprint density at radius 3 is 2.39 bits per heavy atom. The van der Waals surface area contributed by atoms with E-state index in [4.69, 9.17) is 4.74 Å². The fourth-order valence-electron chi connectivity index (χ4n) is 4.46. The molecule has 0 saturated carbocycles. The Kier molecular flexibility index (Phi) is 7.59. The molecule has 0 saturated heterocycles. The van der Waals surface area contributed by atoms with Crippen LogP contribution in [-0.2, 0) is 0 Å². The van der Waals surface area contributed by atoms with E-state index in [1.54, 1.807) is 0 Å². The average molecular weight is 591 g/mol. The van der Waals surface area contributed by atoms with Gasteiger partial charge in [0.15, 0.2) is 0 Å². The largest absolute Gasteiger partial charge is 0.506 e. The van der Waals surface area contributed by atoms with Crippen LogP contribution in [0.2, 0.25) is 0 Å². The summed E-state index contributed by atoms with van der Waals surface area (Å²) in [7, 11) is 0. The first-order valence-corrected chi connectivity index (χ1v) is 13.0. The van der Waals surface area contributed by atoms with E-state index >= 15 is 0 Å². The molecule has 3 aromatic carbocycles. The van der Waals surface area contributed by atoms with E-state index in [1.807, 2.05) is 6.07 Å². The van der Waals surface area contributed by atoms with Crippen molar-refractivity contribution in [2.24, 2.45) is 0 Å². The normalized spacial score (nSPS) is 14.4. The first kappa shape index (κ1) is 22.7. The van der Waals surface area contributed by atoms with Crippen LogP contribution >= 0.6 is 38.5 Å². The first-order chi connectivity index (χ1) is 15.1. The highest BCUT2D eigenvalue weighted by molar-refractivity contribution is 14.1. The van der Waals surface area contributed by atoms with Crippen LogP contribution in [0.25, 0.3) is 11.1 Å². The molecular formula is C27H28BrIO2. The highest BCUT2D eigenvalue weighted by Crippen LogP contribution is 2.53. The van der Waals surface area contributed by atoms with E-state index in [0.717, 1.165) is 34.4 Å². The standard InChI is InChI=1S/C27H28BrIO2/c1-2-3-4-5-6-7-16-31-20-11-8-18(9-12-20)25-23-17-19(29)10-13-21(23)22-14-15-24(28)27(30)26(22)25/h8-15,17,25,30H,2-7,16H2,1H3. The summed E-state index contributed by atoms with van der Waals surface area (Å²) in [5, 5.41) is 10.9. The van der Waals surface area contributed by atoms with Gasteiger partial charge < -0.3 is 9.84 Å². The molecule has 0 aliphatic heterocycles. The van der Waals surface area contributed by atoms with Crippen LogP contribution in [0.15, 0.2) is 59.1 Å². The second kappa shape index (κ2) is 10.4. The zero-order valence-electron chi connectivity index (χ0n) is 17.8. The maximum absolute atomic E-state index is 10.9. The number of hydrogen-bond donors (Lipinski definition) is 1. The minimum absolute atomic E-state index is 0.0184. The lowest BCUT2D eigenvalue weighted by Crippen LogP contribution is -2.01. The summed E-state index contributed by atoms with van der Waals surface area (Å²) in [6.07, 6.45) is 7.59. The van der Waals surface area contributed by atoms with Gasteiger partial charge in [-0.25, -0.2) is 0 Å². The maximum Gasteiger partial charge on any atom is 0.134 e. The van der Waals surface area contributed by atoms with Crippen molar-refractivity contribution in [2.45, 2.75) is 51.4 Å². The van der Waals surface area contributed by atoms with Crippen molar-refractivity contribution in [3.63, 3.8) is 0 Å². The fourth-order valence-corrected chi connectivity index (χ4v) is 5.32. The highest BCUT2D eigenvalue weighted by Gasteiger charge is 2.33. The molecule has 1 aliphatic carbocycles. The van der Waals surface area contributed by atoms with E-state index in [1.165, 1.54) is 52.4 Å². The number of halogens is 2. The monoisotopic (exact) mass is 590 g/mol. The highest BCUT2D eigenvalue weighted by atomic mass is 127.